The van der Waals surface area contributed by atoms with Crippen LogP contribution in [0.15, 0.2) is 18.2 Å². The van der Waals surface area contributed by atoms with E-state index in [-0.39, 0.29) is 11.5 Å². The van der Waals surface area contributed by atoms with Crippen LogP contribution in [-0.2, 0) is 0 Å². The van der Waals surface area contributed by atoms with Crippen LogP contribution < -0.4 is 5.32 Å². The van der Waals surface area contributed by atoms with Crippen molar-refractivity contribution in [1.82, 2.24) is 5.32 Å². The van der Waals surface area contributed by atoms with Crippen molar-refractivity contribution < 1.29 is 9.18 Å². The van der Waals surface area contributed by atoms with Gasteiger partial charge in [-0.15, -0.1) is 0 Å². The lowest BCUT2D eigenvalue weighted by Gasteiger charge is -2.15. The normalized spacial score (nSPS) is 20.6. The van der Waals surface area contributed by atoms with Crippen LogP contribution in [0, 0.1) is 24.1 Å². The van der Waals surface area contributed by atoms with E-state index in [0.717, 1.165) is 11.5 Å². The molecule has 2 aliphatic rings. The third-order valence-corrected chi connectivity index (χ3v) is 4.31. The Hall–Kier alpha value is -1.38. The third kappa shape index (κ3) is 2.14. The highest BCUT2D eigenvalue weighted by molar-refractivity contribution is 5.94. The van der Waals surface area contributed by atoms with Crippen molar-refractivity contribution in [2.45, 2.75) is 32.6 Å². The first kappa shape index (κ1) is 11.7. The van der Waals surface area contributed by atoms with E-state index in [4.69, 9.17) is 0 Å². The lowest BCUT2D eigenvalue weighted by atomic mass is 10.0. The fourth-order valence-corrected chi connectivity index (χ4v) is 2.74. The Bertz CT molecular complexity index is 489. The summed E-state index contributed by atoms with van der Waals surface area (Å²) in [6.45, 7) is 2.53. The standard InChI is InChI=1S/C15H18FNO/c1-10-2-5-12(13(16)8-10)14(18)17-9-15(6-7-15)11-3-4-11/h2,5,8,11H,3-4,6-7,9H2,1H3,(H,17,18). The summed E-state index contributed by atoms with van der Waals surface area (Å²) >= 11 is 0. The number of hydrogen-bond acceptors (Lipinski definition) is 1. The summed E-state index contributed by atoms with van der Waals surface area (Å²) in [5, 5.41) is 2.90. The lowest BCUT2D eigenvalue weighted by Crippen LogP contribution is -2.31. The molecule has 0 bridgehead atoms. The van der Waals surface area contributed by atoms with Gasteiger partial charge in [-0.3, -0.25) is 4.79 Å². The minimum absolute atomic E-state index is 0.159. The molecule has 0 saturated heterocycles. The summed E-state index contributed by atoms with van der Waals surface area (Å²) in [6.07, 6.45) is 5.03. The Kier molecular flexibility index (Phi) is 2.65. The smallest absolute Gasteiger partial charge is 0.254 e. The second-order valence-electron chi connectivity index (χ2n) is 5.80. The first-order valence-corrected chi connectivity index (χ1v) is 6.65. The average Bonchev–Trinajstić information content (AvgIpc) is 3.17. The lowest BCUT2D eigenvalue weighted by molar-refractivity contribution is 0.0938. The number of amides is 1. The van der Waals surface area contributed by atoms with Crippen LogP contribution in [0.2, 0.25) is 0 Å². The van der Waals surface area contributed by atoms with Crippen molar-refractivity contribution in [3.8, 4) is 0 Å². The van der Waals surface area contributed by atoms with Gasteiger partial charge in [0.15, 0.2) is 0 Å². The van der Waals surface area contributed by atoms with Crippen molar-refractivity contribution in [1.29, 1.82) is 0 Å². The predicted octanol–water partition coefficient (Wildman–Crippen LogP) is 3.05. The van der Waals surface area contributed by atoms with Gasteiger partial charge in [0.25, 0.3) is 5.91 Å². The van der Waals surface area contributed by atoms with Gasteiger partial charge >= 0.3 is 0 Å². The van der Waals surface area contributed by atoms with E-state index >= 15 is 0 Å². The number of benzene rings is 1. The van der Waals surface area contributed by atoms with Crippen LogP contribution in [0.1, 0.15) is 41.6 Å². The molecule has 96 valence electrons. The second kappa shape index (κ2) is 4.08. The molecule has 3 heteroatoms. The Morgan fingerprint density at radius 2 is 2.17 bits per heavy atom. The van der Waals surface area contributed by atoms with Gasteiger partial charge in [0, 0.05) is 6.54 Å². The van der Waals surface area contributed by atoms with Gasteiger partial charge in [-0.25, -0.2) is 4.39 Å². The van der Waals surface area contributed by atoms with Crippen molar-refractivity contribution in [2.24, 2.45) is 11.3 Å². The maximum atomic E-state index is 13.6. The topological polar surface area (TPSA) is 29.1 Å². The molecule has 0 radical (unpaired) electrons. The molecule has 0 heterocycles. The molecule has 2 fully saturated rings. The molecule has 0 aromatic heterocycles. The molecule has 1 N–H and O–H groups in total. The molecule has 2 nitrogen and oxygen atoms in total. The number of nitrogens with one attached hydrogen (secondary N) is 1. The summed E-state index contributed by atoms with van der Waals surface area (Å²) < 4.78 is 13.6. The minimum Gasteiger partial charge on any atom is -0.351 e. The zero-order valence-electron chi connectivity index (χ0n) is 10.6. The fraction of sp³-hybridized carbons (Fsp3) is 0.533. The number of hydrogen-bond donors (Lipinski definition) is 1. The summed E-state index contributed by atoms with van der Waals surface area (Å²) in [5.74, 6) is 0.101. The van der Waals surface area contributed by atoms with Crippen LogP contribution in [-0.4, -0.2) is 12.5 Å². The highest BCUT2D eigenvalue weighted by atomic mass is 19.1. The van der Waals surface area contributed by atoms with E-state index in [9.17, 15) is 9.18 Å². The number of carbonyl (C=O) groups excluding carboxylic acids is 1. The molecule has 1 aromatic carbocycles. The van der Waals surface area contributed by atoms with Gasteiger partial charge in [-0.2, -0.15) is 0 Å². The maximum absolute atomic E-state index is 13.6. The van der Waals surface area contributed by atoms with E-state index in [1.54, 1.807) is 12.1 Å². The zero-order chi connectivity index (χ0) is 12.8. The fourth-order valence-electron chi connectivity index (χ4n) is 2.74. The van der Waals surface area contributed by atoms with Crippen molar-refractivity contribution >= 4 is 5.91 Å². The first-order chi connectivity index (χ1) is 8.61. The minimum atomic E-state index is -0.427. The van der Waals surface area contributed by atoms with Crippen LogP contribution in [0.25, 0.3) is 0 Å². The molecule has 2 aliphatic carbocycles. The summed E-state index contributed by atoms with van der Waals surface area (Å²) in [7, 11) is 0. The number of carbonyl (C=O) groups is 1. The molecule has 1 aromatic rings. The van der Waals surface area contributed by atoms with E-state index in [1.807, 2.05) is 6.92 Å². The molecular weight excluding hydrogens is 229 g/mol. The van der Waals surface area contributed by atoms with Crippen LogP contribution in [0.4, 0.5) is 4.39 Å². The van der Waals surface area contributed by atoms with Gasteiger partial charge < -0.3 is 5.32 Å². The third-order valence-electron chi connectivity index (χ3n) is 4.31. The largest absolute Gasteiger partial charge is 0.351 e. The van der Waals surface area contributed by atoms with Crippen molar-refractivity contribution in [2.75, 3.05) is 6.54 Å². The predicted molar refractivity (Wildman–Crippen MR) is 67.9 cm³/mol. The Morgan fingerprint density at radius 3 is 2.72 bits per heavy atom. The Labute approximate surface area is 107 Å². The number of aryl methyl sites for hydroxylation is 1. The molecule has 0 unspecified atom stereocenters. The Morgan fingerprint density at radius 1 is 1.44 bits per heavy atom. The summed E-state index contributed by atoms with van der Waals surface area (Å²) in [4.78, 5) is 11.9. The van der Waals surface area contributed by atoms with Crippen molar-refractivity contribution in [3.05, 3.63) is 35.1 Å². The quantitative estimate of drug-likeness (QED) is 0.870. The van der Waals surface area contributed by atoms with Crippen LogP contribution in [0.5, 0.6) is 0 Å². The maximum Gasteiger partial charge on any atom is 0.254 e. The summed E-state index contributed by atoms with van der Waals surface area (Å²) in [5.41, 5.74) is 1.35. The molecule has 0 aliphatic heterocycles. The number of halogens is 1. The van der Waals surface area contributed by atoms with Crippen molar-refractivity contribution in [3.63, 3.8) is 0 Å². The highest BCUT2D eigenvalue weighted by Crippen LogP contribution is 2.60. The second-order valence-corrected chi connectivity index (χ2v) is 5.80. The molecule has 2 saturated carbocycles. The molecule has 1 amide bonds. The molecular formula is C15H18FNO. The van der Waals surface area contributed by atoms with E-state index in [2.05, 4.69) is 5.32 Å². The highest BCUT2D eigenvalue weighted by Gasteiger charge is 2.53. The molecule has 0 spiro atoms. The van der Waals surface area contributed by atoms with E-state index < -0.39 is 5.82 Å². The summed E-state index contributed by atoms with van der Waals surface area (Å²) in [6, 6.07) is 4.74. The van der Waals surface area contributed by atoms with E-state index in [1.165, 1.54) is 31.7 Å². The van der Waals surface area contributed by atoms with Crippen LogP contribution >= 0.6 is 0 Å². The first-order valence-electron chi connectivity index (χ1n) is 6.65. The van der Waals surface area contributed by atoms with E-state index in [0.29, 0.717) is 12.0 Å². The molecule has 0 atom stereocenters. The van der Waals surface area contributed by atoms with Gasteiger partial charge in [-0.1, -0.05) is 6.07 Å². The molecule has 18 heavy (non-hydrogen) atoms. The van der Waals surface area contributed by atoms with Gasteiger partial charge in [-0.05, 0) is 61.6 Å². The SMILES string of the molecule is Cc1ccc(C(=O)NCC2(C3CC3)CC2)c(F)c1. The molecule has 3 rings (SSSR count). The van der Waals surface area contributed by atoms with Gasteiger partial charge in [0.2, 0.25) is 0 Å². The average molecular weight is 247 g/mol. The van der Waals surface area contributed by atoms with Gasteiger partial charge in [0.05, 0.1) is 5.56 Å². The monoisotopic (exact) mass is 247 g/mol. The van der Waals surface area contributed by atoms with Gasteiger partial charge in [0.1, 0.15) is 5.82 Å². The van der Waals surface area contributed by atoms with Crippen LogP contribution in [0.3, 0.4) is 0 Å². The number of rotatable bonds is 4. The zero-order valence-corrected chi connectivity index (χ0v) is 10.6. The Balaban J connectivity index is 1.64.